The van der Waals surface area contributed by atoms with Crippen LogP contribution in [-0.4, -0.2) is 12.1 Å². The molecule has 0 spiro atoms. The standard InChI is InChI=1S/C18H32N2/c1-18-9-8-14-13-5-3-12(19)10-11(13)2-4-15(14)16(18)6-7-17(18)20/h11-17H,2-10,19-20H2,1H3. The minimum absolute atomic E-state index is 0.471. The highest BCUT2D eigenvalue weighted by Crippen LogP contribution is 2.61. The lowest BCUT2D eigenvalue weighted by molar-refractivity contribution is -0.0551. The van der Waals surface area contributed by atoms with E-state index in [1.807, 2.05) is 0 Å². The van der Waals surface area contributed by atoms with Crippen LogP contribution < -0.4 is 11.5 Å². The summed E-state index contributed by atoms with van der Waals surface area (Å²) in [6, 6.07) is 0.979. The molecule has 4 rings (SSSR count). The lowest BCUT2D eigenvalue weighted by atomic mass is 9.50. The molecule has 2 heteroatoms. The largest absolute Gasteiger partial charge is 0.328 e. The lowest BCUT2D eigenvalue weighted by Crippen LogP contribution is -2.51. The maximum absolute atomic E-state index is 6.48. The lowest BCUT2D eigenvalue weighted by Gasteiger charge is -2.56. The summed E-state index contributed by atoms with van der Waals surface area (Å²) in [6.45, 7) is 2.51. The molecule has 0 aromatic rings. The van der Waals surface area contributed by atoms with Gasteiger partial charge < -0.3 is 11.5 Å². The fourth-order valence-corrected chi connectivity index (χ4v) is 6.93. The van der Waals surface area contributed by atoms with Gasteiger partial charge in [0.25, 0.3) is 0 Å². The molecule has 0 aromatic carbocycles. The molecule has 0 bridgehead atoms. The van der Waals surface area contributed by atoms with Gasteiger partial charge >= 0.3 is 0 Å². The third-order valence-electron chi connectivity index (χ3n) is 8.07. The van der Waals surface area contributed by atoms with Crippen molar-refractivity contribution in [2.24, 2.45) is 46.5 Å². The van der Waals surface area contributed by atoms with Gasteiger partial charge in [-0.2, -0.15) is 0 Å². The summed E-state index contributed by atoms with van der Waals surface area (Å²) in [5.74, 6) is 4.92. The maximum atomic E-state index is 6.48. The Bertz CT molecular complexity index is 382. The van der Waals surface area contributed by atoms with E-state index in [9.17, 15) is 0 Å². The predicted octanol–water partition coefficient (Wildman–Crippen LogP) is 3.29. The van der Waals surface area contributed by atoms with Gasteiger partial charge in [0.1, 0.15) is 0 Å². The molecule has 20 heavy (non-hydrogen) atoms. The maximum Gasteiger partial charge on any atom is 0.00957 e. The smallest absolute Gasteiger partial charge is 0.00957 e. The molecule has 0 aromatic heterocycles. The molecule has 0 amide bonds. The average Bonchev–Trinajstić information content (AvgIpc) is 2.74. The molecule has 0 heterocycles. The molecule has 8 unspecified atom stereocenters. The predicted molar refractivity (Wildman–Crippen MR) is 83.1 cm³/mol. The normalized spacial score (nSPS) is 58.6. The Morgan fingerprint density at radius 3 is 2.45 bits per heavy atom. The number of rotatable bonds is 0. The van der Waals surface area contributed by atoms with Crippen LogP contribution in [0.5, 0.6) is 0 Å². The second kappa shape index (κ2) is 4.71. The number of fused-ring (bicyclic) bond motifs is 5. The summed E-state index contributed by atoms with van der Waals surface area (Å²) in [5, 5.41) is 0. The Kier molecular flexibility index (Phi) is 3.20. The van der Waals surface area contributed by atoms with E-state index >= 15 is 0 Å². The van der Waals surface area contributed by atoms with Crippen LogP contribution in [0.2, 0.25) is 0 Å². The van der Waals surface area contributed by atoms with Crippen molar-refractivity contribution in [2.75, 3.05) is 0 Å². The molecule has 0 aliphatic heterocycles. The Balaban J connectivity index is 1.57. The zero-order valence-electron chi connectivity index (χ0n) is 13.1. The van der Waals surface area contributed by atoms with E-state index in [1.54, 1.807) is 0 Å². The van der Waals surface area contributed by atoms with Gasteiger partial charge in [-0.1, -0.05) is 6.92 Å². The summed E-state index contributed by atoms with van der Waals surface area (Å²) >= 11 is 0. The average molecular weight is 276 g/mol. The van der Waals surface area contributed by atoms with Crippen molar-refractivity contribution in [3.63, 3.8) is 0 Å². The topological polar surface area (TPSA) is 52.0 Å². The summed E-state index contributed by atoms with van der Waals surface area (Å²) in [6.07, 6.45) is 12.5. The SMILES string of the molecule is CC12CCC3C4CCC(N)CC4CCC3C1CCC2N. The molecule has 0 saturated heterocycles. The Labute approximate surface area is 124 Å². The van der Waals surface area contributed by atoms with Crippen molar-refractivity contribution in [1.82, 2.24) is 0 Å². The van der Waals surface area contributed by atoms with Gasteiger partial charge in [0, 0.05) is 12.1 Å². The summed E-state index contributed by atoms with van der Waals surface area (Å²) in [5.41, 5.74) is 13.2. The highest BCUT2D eigenvalue weighted by atomic mass is 14.8. The van der Waals surface area contributed by atoms with Crippen molar-refractivity contribution >= 4 is 0 Å². The van der Waals surface area contributed by atoms with Crippen LogP contribution in [0.1, 0.15) is 64.7 Å². The van der Waals surface area contributed by atoms with Crippen molar-refractivity contribution in [2.45, 2.75) is 76.8 Å². The first kappa shape index (κ1) is 13.6. The van der Waals surface area contributed by atoms with E-state index in [0.29, 0.717) is 17.5 Å². The molecular weight excluding hydrogens is 244 g/mol. The molecule has 0 radical (unpaired) electrons. The van der Waals surface area contributed by atoms with Crippen molar-refractivity contribution in [3.05, 3.63) is 0 Å². The summed E-state index contributed by atoms with van der Waals surface area (Å²) in [7, 11) is 0. The molecular formula is C18H32N2. The monoisotopic (exact) mass is 276 g/mol. The van der Waals surface area contributed by atoms with Gasteiger partial charge in [-0.25, -0.2) is 0 Å². The Morgan fingerprint density at radius 2 is 1.60 bits per heavy atom. The van der Waals surface area contributed by atoms with Gasteiger partial charge in [-0.3, -0.25) is 0 Å². The van der Waals surface area contributed by atoms with Crippen LogP contribution in [0.3, 0.4) is 0 Å². The second-order valence-corrected chi connectivity index (χ2v) is 8.74. The van der Waals surface area contributed by atoms with Gasteiger partial charge in [0.15, 0.2) is 0 Å². The molecule has 114 valence electrons. The van der Waals surface area contributed by atoms with E-state index in [4.69, 9.17) is 11.5 Å². The molecule has 4 N–H and O–H groups in total. The Morgan fingerprint density at radius 1 is 0.800 bits per heavy atom. The summed E-state index contributed by atoms with van der Waals surface area (Å²) in [4.78, 5) is 0. The van der Waals surface area contributed by atoms with Crippen LogP contribution in [0.25, 0.3) is 0 Å². The first-order chi connectivity index (χ1) is 9.59. The molecule has 4 aliphatic rings. The molecule has 8 atom stereocenters. The molecule has 2 nitrogen and oxygen atoms in total. The van der Waals surface area contributed by atoms with Crippen LogP contribution in [0, 0.1) is 35.0 Å². The van der Waals surface area contributed by atoms with Crippen LogP contribution >= 0.6 is 0 Å². The zero-order chi connectivity index (χ0) is 13.9. The summed E-state index contributed by atoms with van der Waals surface area (Å²) < 4.78 is 0. The third-order valence-corrected chi connectivity index (χ3v) is 8.07. The number of nitrogens with two attached hydrogens (primary N) is 2. The fraction of sp³-hybridized carbons (Fsp3) is 1.00. The van der Waals surface area contributed by atoms with Gasteiger partial charge in [0.2, 0.25) is 0 Å². The quantitative estimate of drug-likeness (QED) is 0.713. The first-order valence-corrected chi connectivity index (χ1v) is 9.11. The van der Waals surface area contributed by atoms with Gasteiger partial charge in [-0.05, 0) is 92.8 Å². The van der Waals surface area contributed by atoms with Crippen molar-refractivity contribution in [1.29, 1.82) is 0 Å². The minimum Gasteiger partial charge on any atom is -0.328 e. The molecule has 4 fully saturated rings. The molecule has 4 saturated carbocycles. The highest BCUT2D eigenvalue weighted by molar-refractivity contribution is 5.07. The van der Waals surface area contributed by atoms with E-state index in [-0.39, 0.29) is 0 Å². The van der Waals surface area contributed by atoms with E-state index in [2.05, 4.69) is 6.92 Å². The van der Waals surface area contributed by atoms with Gasteiger partial charge in [-0.15, -0.1) is 0 Å². The zero-order valence-corrected chi connectivity index (χ0v) is 13.1. The van der Waals surface area contributed by atoms with Crippen molar-refractivity contribution in [3.8, 4) is 0 Å². The first-order valence-electron chi connectivity index (χ1n) is 9.11. The van der Waals surface area contributed by atoms with Gasteiger partial charge in [0.05, 0.1) is 0 Å². The fourth-order valence-electron chi connectivity index (χ4n) is 6.93. The van der Waals surface area contributed by atoms with Crippen LogP contribution in [0.15, 0.2) is 0 Å². The Hall–Kier alpha value is -0.0800. The molecule has 4 aliphatic carbocycles. The minimum atomic E-state index is 0.471. The van der Waals surface area contributed by atoms with E-state index in [0.717, 1.165) is 29.6 Å². The number of hydrogen-bond donors (Lipinski definition) is 2. The van der Waals surface area contributed by atoms with Crippen LogP contribution in [-0.2, 0) is 0 Å². The highest BCUT2D eigenvalue weighted by Gasteiger charge is 2.55. The number of hydrogen-bond acceptors (Lipinski definition) is 2. The van der Waals surface area contributed by atoms with Crippen molar-refractivity contribution < 1.29 is 0 Å². The second-order valence-electron chi connectivity index (χ2n) is 8.74. The van der Waals surface area contributed by atoms with E-state index in [1.165, 1.54) is 57.8 Å². The van der Waals surface area contributed by atoms with E-state index < -0.39 is 0 Å². The van der Waals surface area contributed by atoms with Crippen LogP contribution in [0.4, 0.5) is 0 Å². The third kappa shape index (κ3) is 1.83.